The van der Waals surface area contributed by atoms with E-state index >= 15 is 0 Å². The predicted molar refractivity (Wildman–Crippen MR) is 111 cm³/mol. The molecule has 9 nitrogen and oxygen atoms in total. The van der Waals surface area contributed by atoms with Crippen molar-refractivity contribution in [2.24, 2.45) is 10.8 Å². The topological polar surface area (TPSA) is 134 Å². The second-order valence-electron chi connectivity index (χ2n) is 10.0. The van der Waals surface area contributed by atoms with Gasteiger partial charge in [0, 0.05) is 24.9 Å². The van der Waals surface area contributed by atoms with Gasteiger partial charge in [-0.25, -0.2) is 4.57 Å². The van der Waals surface area contributed by atoms with E-state index < -0.39 is 30.8 Å². The van der Waals surface area contributed by atoms with Gasteiger partial charge in [-0.15, -0.1) is 0 Å². The highest BCUT2D eigenvalue weighted by atomic mass is 31.2. The second-order valence-corrected chi connectivity index (χ2v) is 11.4. The van der Waals surface area contributed by atoms with Crippen molar-refractivity contribution < 1.29 is 33.2 Å². The van der Waals surface area contributed by atoms with E-state index in [-0.39, 0.29) is 30.9 Å². The van der Waals surface area contributed by atoms with Crippen molar-refractivity contribution in [3.8, 4) is 0 Å². The normalized spacial score (nSPS) is 16.1. The minimum absolute atomic E-state index is 0.0693. The number of carbonyl (C=O) groups is 2. The molecule has 2 atom stereocenters. The first-order chi connectivity index (χ1) is 12.8. The molecule has 0 aromatic carbocycles. The first-order valence-electron chi connectivity index (χ1n) is 9.75. The molecule has 2 amide bonds. The van der Waals surface area contributed by atoms with Crippen molar-refractivity contribution in [2.75, 3.05) is 19.7 Å². The van der Waals surface area contributed by atoms with E-state index in [9.17, 15) is 24.2 Å². The number of aliphatic hydroxyl groups excluding tert-OH is 1. The van der Waals surface area contributed by atoms with Crippen LogP contribution >= 0.6 is 7.82 Å². The molecule has 0 saturated carbocycles. The standard InChI is InChI=1S/C19H39N2O7P/c1-17(2,3)10-12-20-14(22)9-11-21-16(24)15(23)19(7,8)13-27-29(25,26)28-18(4,5)6/h15,23H,9-13H2,1-8H3,(H,20,22)(H,21,24)(H,25,26)/t15-/m1/s1. The summed E-state index contributed by atoms with van der Waals surface area (Å²) in [4.78, 5) is 33.7. The monoisotopic (exact) mass is 438 g/mol. The van der Waals surface area contributed by atoms with Crippen molar-refractivity contribution in [1.29, 1.82) is 0 Å². The van der Waals surface area contributed by atoms with Crippen LogP contribution in [0.4, 0.5) is 0 Å². The zero-order chi connectivity index (χ0) is 23.1. The molecule has 0 spiro atoms. The smallest absolute Gasteiger partial charge is 0.383 e. The van der Waals surface area contributed by atoms with E-state index in [0.717, 1.165) is 6.42 Å². The lowest BCUT2D eigenvalue weighted by atomic mass is 9.87. The number of hydrogen-bond acceptors (Lipinski definition) is 6. The van der Waals surface area contributed by atoms with Crippen LogP contribution in [-0.2, 0) is 23.2 Å². The molecule has 0 fully saturated rings. The number of hydrogen-bond donors (Lipinski definition) is 4. The molecular formula is C19H39N2O7P. The Labute approximate surface area is 174 Å². The molecular weight excluding hydrogens is 399 g/mol. The molecule has 0 saturated heterocycles. The van der Waals surface area contributed by atoms with Gasteiger partial charge in [0.15, 0.2) is 0 Å². The summed E-state index contributed by atoms with van der Waals surface area (Å²) < 4.78 is 21.9. The molecule has 0 rings (SSSR count). The van der Waals surface area contributed by atoms with Crippen molar-refractivity contribution >= 4 is 19.6 Å². The van der Waals surface area contributed by atoms with Gasteiger partial charge < -0.3 is 20.6 Å². The number of carbonyl (C=O) groups excluding carboxylic acids is 2. The van der Waals surface area contributed by atoms with E-state index in [1.165, 1.54) is 13.8 Å². The maximum atomic E-state index is 12.2. The summed E-state index contributed by atoms with van der Waals surface area (Å²) in [6.07, 6.45) is -0.572. The molecule has 1 unspecified atom stereocenters. The Hall–Kier alpha value is -0.990. The van der Waals surface area contributed by atoms with Crippen molar-refractivity contribution in [3.05, 3.63) is 0 Å². The van der Waals surface area contributed by atoms with E-state index in [4.69, 9.17) is 9.05 Å². The van der Waals surface area contributed by atoms with Crippen LogP contribution in [0.1, 0.15) is 68.2 Å². The Bertz CT molecular complexity index is 594. The van der Waals surface area contributed by atoms with Gasteiger partial charge >= 0.3 is 7.82 Å². The Morgan fingerprint density at radius 2 is 1.55 bits per heavy atom. The molecule has 0 aromatic rings. The fraction of sp³-hybridized carbons (Fsp3) is 0.895. The molecule has 0 aromatic heterocycles. The van der Waals surface area contributed by atoms with Gasteiger partial charge in [-0.1, -0.05) is 34.6 Å². The lowest BCUT2D eigenvalue weighted by Crippen LogP contribution is -2.46. The average Bonchev–Trinajstić information content (AvgIpc) is 2.48. The number of aliphatic hydroxyl groups is 1. The van der Waals surface area contributed by atoms with E-state index in [1.807, 2.05) is 0 Å². The molecule has 0 aliphatic rings. The van der Waals surface area contributed by atoms with Crippen molar-refractivity contribution in [2.45, 2.75) is 79.9 Å². The SMILES string of the molecule is CC(C)(C)CCNC(=O)CCNC(=O)[C@@H](O)C(C)(C)COP(=O)(O)OC(C)(C)C. The number of amides is 2. The summed E-state index contributed by atoms with van der Waals surface area (Å²) in [6, 6.07) is 0. The van der Waals surface area contributed by atoms with Crippen LogP contribution in [0.15, 0.2) is 0 Å². The molecule has 172 valence electrons. The van der Waals surface area contributed by atoms with Crippen LogP contribution in [0, 0.1) is 10.8 Å². The third-order valence-corrected chi connectivity index (χ3v) is 5.06. The maximum absolute atomic E-state index is 12.2. The number of phosphoric ester groups is 1. The third kappa shape index (κ3) is 13.8. The van der Waals surface area contributed by atoms with E-state index in [0.29, 0.717) is 6.54 Å². The van der Waals surface area contributed by atoms with Crippen LogP contribution in [0.2, 0.25) is 0 Å². The summed E-state index contributed by atoms with van der Waals surface area (Å²) in [5.74, 6) is -0.877. The largest absolute Gasteiger partial charge is 0.472 e. The Balaban J connectivity index is 4.41. The second kappa shape index (κ2) is 10.9. The summed E-state index contributed by atoms with van der Waals surface area (Å²) in [7, 11) is -4.33. The minimum Gasteiger partial charge on any atom is -0.383 e. The molecule has 0 bridgehead atoms. The highest BCUT2D eigenvalue weighted by molar-refractivity contribution is 7.47. The molecule has 0 aliphatic heterocycles. The Morgan fingerprint density at radius 1 is 1.00 bits per heavy atom. The molecule has 0 aliphatic carbocycles. The lowest BCUT2D eigenvalue weighted by Gasteiger charge is -2.31. The highest BCUT2D eigenvalue weighted by Gasteiger charge is 2.38. The summed E-state index contributed by atoms with van der Waals surface area (Å²) in [5, 5.41) is 15.5. The van der Waals surface area contributed by atoms with Crippen LogP contribution in [0.25, 0.3) is 0 Å². The van der Waals surface area contributed by atoms with Gasteiger partial charge in [-0.2, -0.15) is 0 Å². The van der Waals surface area contributed by atoms with Crippen molar-refractivity contribution in [1.82, 2.24) is 10.6 Å². The van der Waals surface area contributed by atoms with E-state index in [2.05, 4.69) is 31.4 Å². The Kier molecular flexibility index (Phi) is 10.5. The first kappa shape index (κ1) is 28.0. The number of rotatable bonds is 11. The summed E-state index contributed by atoms with van der Waals surface area (Å²) in [6.45, 7) is 14.3. The van der Waals surface area contributed by atoms with Gasteiger partial charge in [-0.3, -0.25) is 18.6 Å². The van der Waals surface area contributed by atoms with Crippen LogP contribution in [0.5, 0.6) is 0 Å². The average molecular weight is 439 g/mol. The zero-order valence-electron chi connectivity index (χ0n) is 19.0. The number of nitrogens with one attached hydrogen (secondary N) is 2. The van der Waals surface area contributed by atoms with Crippen LogP contribution < -0.4 is 10.6 Å². The summed E-state index contributed by atoms with van der Waals surface area (Å²) >= 11 is 0. The maximum Gasteiger partial charge on any atom is 0.472 e. The molecule has 0 radical (unpaired) electrons. The molecule has 29 heavy (non-hydrogen) atoms. The quantitative estimate of drug-likeness (QED) is 0.364. The van der Waals surface area contributed by atoms with Gasteiger partial charge in [0.25, 0.3) is 0 Å². The predicted octanol–water partition coefficient (Wildman–Crippen LogP) is 2.36. The molecule has 10 heteroatoms. The first-order valence-corrected chi connectivity index (χ1v) is 11.2. The minimum atomic E-state index is -4.33. The van der Waals surface area contributed by atoms with Crippen molar-refractivity contribution in [3.63, 3.8) is 0 Å². The van der Waals surface area contributed by atoms with Gasteiger partial charge in [0.2, 0.25) is 11.8 Å². The third-order valence-electron chi connectivity index (χ3n) is 3.83. The van der Waals surface area contributed by atoms with Crippen LogP contribution in [0.3, 0.4) is 0 Å². The Morgan fingerprint density at radius 3 is 2.03 bits per heavy atom. The molecule has 0 heterocycles. The fourth-order valence-electron chi connectivity index (χ4n) is 2.12. The molecule has 4 N–H and O–H groups in total. The van der Waals surface area contributed by atoms with Gasteiger partial charge in [0.05, 0.1) is 12.2 Å². The lowest BCUT2D eigenvalue weighted by molar-refractivity contribution is -0.137. The summed E-state index contributed by atoms with van der Waals surface area (Å²) in [5.41, 5.74) is -1.92. The van der Waals surface area contributed by atoms with E-state index in [1.54, 1.807) is 20.8 Å². The highest BCUT2D eigenvalue weighted by Crippen LogP contribution is 2.48. The fourth-order valence-corrected chi connectivity index (χ4v) is 3.36. The number of phosphoric acid groups is 1. The van der Waals surface area contributed by atoms with Crippen LogP contribution in [-0.4, -0.2) is 53.2 Å². The van der Waals surface area contributed by atoms with Gasteiger partial charge in [-0.05, 0) is 32.6 Å². The van der Waals surface area contributed by atoms with Gasteiger partial charge in [0.1, 0.15) is 6.10 Å². The zero-order valence-corrected chi connectivity index (χ0v) is 19.9.